The minimum Gasteiger partial charge on any atom is -0.384 e. The Morgan fingerprint density at radius 2 is 1.95 bits per heavy atom. The molecule has 1 heterocycles. The molecule has 1 aromatic carbocycles. The Morgan fingerprint density at radius 1 is 1.16 bits per heavy atom. The van der Waals surface area contributed by atoms with Crippen LogP contribution in [0.15, 0.2) is 30.3 Å². The minimum absolute atomic E-state index is 0.521. The van der Waals surface area contributed by atoms with E-state index in [2.05, 4.69) is 53.0 Å². The number of hydrogen-bond donors (Lipinski definition) is 1. The third kappa shape index (κ3) is 3.02. The average molecular weight is 256 g/mol. The van der Waals surface area contributed by atoms with Gasteiger partial charge >= 0.3 is 0 Å². The topological polar surface area (TPSA) is 55.0 Å². The first kappa shape index (κ1) is 13.3. The van der Waals surface area contributed by atoms with Gasteiger partial charge in [0.2, 0.25) is 0 Å². The second-order valence-electron chi connectivity index (χ2n) is 4.50. The van der Waals surface area contributed by atoms with Crippen LogP contribution in [0.4, 0.5) is 17.3 Å². The Bertz CT molecular complexity index is 566. The lowest BCUT2D eigenvalue weighted by molar-refractivity contribution is 0.907. The number of hydrogen-bond acceptors (Lipinski definition) is 4. The summed E-state index contributed by atoms with van der Waals surface area (Å²) in [4.78, 5) is 10.9. The normalized spacial score (nSPS) is 10.5. The fraction of sp³-hybridized carbons (Fsp3) is 0.333. The summed E-state index contributed by atoms with van der Waals surface area (Å²) in [6.07, 6.45) is 0.781. The van der Waals surface area contributed by atoms with E-state index < -0.39 is 0 Å². The number of rotatable bonds is 4. The number of anilines is 3. The lowest BCUT2D eigenvalue weighted by Crippen LogP contribution is -2.18. The van der Waals surface area contributed by atoms with Gasteiger partial charge in [0, 0.05) is 24.7 Å². The molecule has 4 heteroatoms. The van der Waals surface area contributed by atoms with E-state index in [1.807, 2.05) is 13.0 Å². The second kappa shape index (κ2) is 5.69. The third-order valence-corrected chi connectivity index (χ3v) is 3.00. The molecule has 0 radical (unpaired) electrons. The monoisotopic (exact) mass is 256 g/mol. The molecule has 0 saturated carbocycles. The van der Waals surface area contributed by atoms with E-state index in [-0.39, 0.29) is 0 Å². The fourth-order valence-electron chi connectivity index (χ4n) is 2.07. The van der Waals surface area contributed by atoms with Crippen molar-refractivity contribution in [3.8, 4) is 0 Å². The molecular formula is C15H20N4. The van der Waals surface area contributed by atoms with Gasteiger partial charge in [-0.25, -0.2) is 9.97 Å². The largest absolute Gasteiger partial charge is 0.384 e. The zero-order chi connectivity index (χ0) is 13.8. The molecule has 19 heavy (non-hydrogen) atoms. The molecule has 0 aliphatic heterocycles. The predicted molar refractivity (Wildman–Crippen MR) is 79.7 cm³/mol. The fourth-order valence-corrected chi connectivity index (χ4v) is 2.07. The average Bonchev–Trinajstić information content (AvgIpc) is 2.39. The zero-order valence-electron chi connectivity index (χ0n) is 11.7. The SMILES string of the molecule is CCc1nc(N)cc(N(CC)c2cccc(C)c2)n1. The molecule has 0 saturated heterocycles. The summed E-state index contributed by atoms with van der Waals surface area (Å²) in [5, 5.41) is 0. The van der Waals surface area contributed by atoms with Crippen molar-refractivity contribution in [2.24, 2.45) is 0 Å². The standard InChI is InChI=1S/C15H20N4/c1-4-14-17-13(16)10-15(18-14)19(5-2)12-8-6-7-11(3)9-12/h6-10H,4-5H2,1-3H3,(H2,16,17,18). The summed E-state index contributed by atoms with van der Waals surface area (Å²) < 4.78 is 0. The number of aryl methyl sites for hydroxylation is 2. The molecule has 0 amide bonds. The summed E-state index contributed by atoms with van der Waals surface area (Å²) >= 11 is 0. The van der Waals surface area contributed by atoms with Crippen molar-refractivity contribution in [2.45, 2.75) is 27.2 Å². The van der Waals surface area contributed by atoms with Crippen LogP contribution in [0.3, 0.4) is 0 Å². The number of aromatic nitrogens is 2. The van der Waals surface area contributed by atoms with Crippen LogP contribution in [-0.4, -0.2) is 16.5 Å². The van der Waals surface area contributed by atoms with Crippen molar-refractivity contribution >= 4 is 17.3 Å². The van der Waals surface area contributed by atoms with Gasteiger partial charge in [-0.2, -0.15) is 0 Å². The van der Waals surface area contributed by atoms with Gasteiger partial charge < -0.3 is 10.6 Å². The quantitative estimate of drug-likeness (QED) is 0.913. The molecule has 0 atom stereocenters. The van der Waals surface area contributed by atoms with E-state index in [1.165, 1.54) is 5.56 Å². The van der Waals surface area contributed by atoms with Crippen molar-refractivity contribution in [3.05, 3.63) is 41.7 Å². The highest BCUT2D eigenvalue weighted by Crippen LogP contribution is 2.25. The first-order valence-corrected chi connectivity index (χ1v) is 6.61. The Morgan fingerprint density at radius 3 is 2.58 bits per heavy atom. The van der Waals surface area contributed by atoms with E-state index in [4.69, 9.17) is 5.73 Å². The molecular weight excluding hydrogens is 236 g/mol. The first-order valence-electron chi connectivity index (χ1n) is 6.61. The lowest BCUT2D eigenvalue weighted by atomic mass is 10.2. The van der Waals surface area contributed by atoms with Gasteiger partial charge in [-0.15, -0.1) is 0 Å². The minimum atomic E-state index is 0.521. The molecule has 0 aliphatic rings. The van der Waals surface area contributed by atoms with Crippen molar-refractivity contribution in [1.29, 1.82) is 0 Å². The van der Waals surface area contributed by atoms with Crippen LogP contribution in [-0.2, 0) is 6.42 Å². The van der Waals surface area contributed by atoms with Crippen molar-refractivity contribution in [1.82, 2.24) is 9.97 Å². The van der Waals surface area contributed by atoms with Crippen LogP contribution < -0.4 is 10.6 Å². The highest BCUT2D eigenvalue weighted by Gasteiger charge is 2.11. The molecule has 4 nitrogen and oxygen atoms in total. The molecule has 2 aromatic rings. The molecule has 0 spiro atoms. The summed E-state index contributed by atoms with van der Waals surface area (Å²) in [5.74, 6) is 2.16. The molecule has 100 valence electrons. The maximum Gasteiger partial charge on any atom is 0.138 e. The summed E-state index contributed by atoms with van der Waals surface area (Å²) in [7, 11) is 0. The second-order valence-corrected chi connectivity index (χ2v) is 4.50. The molecule has 0 unspecified atom stereocenters. The molecule has 0 aliphatic carbocycles. The van der Waals surface area contributed by atoms with E-state index in [0.29, 0.717) is 5.82 Å². The van der Waals surface area contributed by atoms with E-state index in [1.54, 1.807) is 0 Å². The summed E-state index contributed by atoms with van der Waals surface area (Å²) in [5.41, 5.74) is 8.22. The third-order valence-electron chi connectivity index (χ3n) is 3.00. The molecule has 0 fully saturated rings. The van der Waals surface area contributed by atoms with Crippen LogP contribution in [0.1, 0.15) is 25.2 Å². The molecule has 0 bridgehead atoms. The molecule has 2 rings (SSSR count). The Hall–Kier alpha value is -2.10. The molecule has 2 N–H and O–H groups in total. The van der Waals surface area contributed by atoms with Crippen LogP contribution in [0.25, 0.3) is 0 Å². The highest BCUT2D eigenvalue weighted by atomic mass is 15.2. The van der Waals surface area contributed by atoms with Gasteiger partial charge in [0.15, 0.2) is 0 Å². The number of nitrogens with two attached hydrogens (primary N) is 1. The maximum absolute atomic E-state index is 5.86. The van der Waals surface area contributed by atoms with Crippen LogP contribution in [0, 0.1) is 6.92 Å². The Balaban J connectivity index is 2.44. The van der Waals surface area contributed by atoms with E-state index in [9.17, 15) is 0 Å². The van der Waals surface area contributed by atoms with E-state index >= 15 is 0 Å². The van der Waals surface area contributed by atoms with Crippen molar-refractivity contribution in [2.75, 3.05) is 17.2 Å². The van der Waals surface area contributed by atoms with Gasteiger partial charge in [0.1, 0.15) is 17.5 Å². The van der Waals surface area contributed by atoms with Gasteiger partial charge in [0.05, 0.1) is 0 Å². The van der Waals surface area contributed by atoms with Gasteiger partial charge in [0.25, 0.3) is 0 Å². The number of nitrogen functional groups attached to an aromatic ring is 1. The first-order chi connectivity index (χ1) is 9.13. The van der Waals surface area contributed by atoms with Gasteiger partial charge in [-0.3, -0.25) is 0 Å². The zero-order valence-corrected chi connectivity index (χ0v) is 11.7. The van der Waals surface area contributed by atoms with Crippen LogP contribution in [0.5, 0.6) is 0 Å². The lowest BCUT2D eigenvalue weighted by Gasteiger charge is -2.23. The number of nitrogens with zero attached hydrogens (tertiary/aromatic N) is 3. The van der Waals surface area contributed by atoms with Crippen LogP contribution >= 0.6 is 0 Å². The maximum atomic E-state index is 5.86. The van der Waals surface area contributed by atoms with E-state index in [0.717, 1.165) is 30.3 Å². The predicted octanol–water partition coefficient (Wildman–Crippen LogP) is 3.09. The number of benzene rings is 1. The summed E-state index contributed by atoms with van der Waals surface area (Å²) in [6, 6.07) is 10.2. The van der Waals surface area contributed by atoms with Crippen LogP contribution in [0.2, 0.25) is 0 Å². The highest BCUT2D eigenvalue weighted by molar-refractivity contribution is 5.62. The molecule has 1 aromatic heterocycles. The summed E-state index contributed by atoms with van der Waals surface area (Å²) in [6.45, 7) is 7.06. The van der Waals surface area contributed by atoms with Crippen molar-refractivity contribution < 1.29 is 0 Å². The Labute approximate surface area is 114 Å². The van der Waals surface area contributed by atoms with Gasteiger partial charge in [-0.1, -0.05) is 19.1 Å². The Kier molecular flexibility index (Phi) is 4.00. The van der Waals surface area contributed by atoms with Crippen molar-refractivity contribution in [3.63, 3.8) is 0 Å². The smallest absolute Gasteiger partial charge is 0.138 e. The van der Waals surface area contributed by atoms with Gasteiger partial charge in [-0.05, 0) is 31.5 Å².